The first-order chi connectivity index (χ1) is 16.4. The topological polar surface area (TPSA) is 115 Å². The molecule has 4 aromatic rings. The minimum absolute atomic E-state index is 0.119. The van der Waals surface area contributed by atoms with Gasteiger partial charge in [0.15, 0.2) is 0 Å². The van der Waals surface area contributed by atoms with Crippen molar-refractivity contribution in [2.45, 2.75) is 32.2 Å². The summed E-state index contributed by atoms with van der Waals surface area (Å²) in [6.07, 6.45) is 3.60. The maximum atomic E-state index is 13.6. The molecule has 1 atom stereocenters. The number of nitrogens with zero attached hydrogens (tertiary/aromatic N) is 3. The molecule has 34 heavy (non-hydrogen) atoms. The summed E-state index contributed by atoms with van der Waals surface area (Å²) in [4.78, 5) is 34.5. The Morgan fingerprint density at radius 1 is 1.03 bits per heavy atom. The number of carbonyl (C=O) groups is 1. The van der Waals surface area contributed by atoms with Crippen LogP contribution in [0.25, 0.3) is 11.0 Å². The van der Waals surface area contributed by atoms with E-state index in [0.29, 0.717) is 35.3 Å². The third-order valence-corrected chi connectivity index (χ3v) is 5.93. The quantitative estimate of drug-likeness (QED) is 0.407. The van der Waals surface area contributed by atoms with E-state index in [0.717, 1.165) is 5.56 Å². The van der Waals surface area contributed by atoms with Crippen LogP contribution in [0.2, 0.25) is 0 Å². The molecule has 8 heteroatoms. The minimum atomic E-state index is -0.730. The van der Waals surface area contributed by atoms with Crippen molar-refractivity contribution in [3.05, 3.63) is 93.7 Å². The van der Waals surface area contributed by atoms with Crippen molar-refractivity contribution >= 4 is 17.0 Å². The third-order valence-electron chi connectivity index (χ3n) is 5.93. The molecule has 0 unspecified atom stereocenters. The van der Waals surface area contributed by atoms with Crippen molar-refractivity contribution in [1.29, 1.82) is 0 Å². The molecule has 0 saturated carbocycles. The molecule has 0 spiro atoms. The van der Waals surface area contributed by atoms with Crippen LogP contribution in [-0.2, 0) is 22.5 Å². The van der Waals surface area contributed by atoms with Crippen LogP contribution in [0.3, 0.4) is 0 Å². The van der Waals surface area contributed by atoms with Gasteiger partial charge in [-0.1, -0.05) is 18.2 Å². The number of pyridine rings is 1. The molecule has 0 amide bonds. The molecular formula is C26H25N3O5. The molecule has 0 fully saturated rings. The Morgan fingerprint density at radius 3 is 2.44 bits per heavy atom. The highest BCUT2D eigenvalue weighted by molar-refractivity contribution is 5.76. The fraction of sp³-hybridized carbons (Fsp3) is 0.231. The van der Waals surface area contributed by atoms with Crippen molar-refractivity contribution in [3.63, 3.8) is 0 Å². The second-order valence-electron chi connectivity index (χ2n) is 8.10. The van der Waals surface area contributed by atoms with E-state index in [1.807, 2.05) is 0 Å². The second-order valence-corrected chi connectivity index (χ2v) is 8.10. The van der Waals surface area contributed by atoms with Gasteiger partial charge in [-0.05, 0) is 54.8 Å². The lowest BCUT2D eigenvalue weighted by atomic mass is 9.88. The summed E-state index contributed by atoms with van der Waals surface area (Å²) in [6.45, 7) is 2.12. The zero-order valence-electron chi connectivity index (χ0n) is 18.9. The second kappa shape index (κ2) is 9.74. The van der Waals surface area contributed by atoms with Crippen LogP contribution < -0.4 is 5.56 Å². The monoisotopic (exact) mass is 459 g/mol. The molecule has 0 aliphatic heterocycles. The molecule has 0 aliphatic carbocycles. The molecule has 2 N–H and O–H groups in total. The highest BCUT2D eigenvalue weighted by atomic mass is 16.5. The number of ether oxygens (including phenoxy) is 1. The number of aryl methyl sites for hydroxylation is 2. The Bertz CT molecular complexity index is 1400. The molecule has 2 aromatic carbocycles. The molecule has 4 rings (SSSR count). The molecule has 0 saturated heterocycles. The standard InChI is InChI=1S/C26H25N3O5/c1-16-13-23(31)25(26(33)29(16)12-9-17-3-6-19(30)7-4-17)20(15-24(32)34-2)18-5-8-21-22(14-18)28-11-10-27-21/h3-8,10-11,13-14,20,30-31H,9,12,15H2,1-2H3/t20-/m1/s1. The summed E-state index contributed by atoms with van der Waals surface area (Å²) in [6, 6.07) is 13.7. The van der Waals surface area contributed by atoms with Gasteiger partial charge in [-0.2, -0.15) is 0 Å². The number of carbonyl (C=O) groups excluding carboxylic acids is 1. The molecule has 174 valence electrons. The number of esters is 1. The van der Waals surface area contributed by atoms with Gasteiger partial charge in [0, 0.05) is 30.6 Å². The fourth-order valence-electron chi connectivity index (χ4n) is 4.11. The van der Waals surface area contributed by atoms with Crippen molar-refractivity contribution in [2.75, 3.05) is 7.11 Å². The Morgan fingerprint density at radius 2 is 1.74 bits per heavy atom. The van der Waals surface area contributed by atoms with Crippen LogP contribution in [0, 0.1) is 6.92 Å². The van der Waals surface area contributed by atoms with Crippen molar-refractivity contribution in [1.82, 2.24) is 14.5 Å². The van der Waals surface area contributed by atoms with Gasteiger partial charge in [0.2, 0.25) is 0 Å². The number of rotatable bonds is 7. The predicted molar refractivity (Wildman–Crippen MR) is 127 cm³/mol. The van der Waals surface area contributed by atoms with Crippen LogP contribution in [0.4, 0.5) is 0 Å². The molecule has 0 aliphatic rings. The first-order valence-corrected chi connectivity index (χ1v) is 10.9. The van der Waals surface area contributed by atoms with Gasteiger partial charge in [-0.15, -0.1) is 0 Å². The normalized spacial score (nSPS) is 11.9. The van der Waals surface area contributed by atoms with Crippen LogP contribution in [-0.4, -0.2) is 37.8 Å². The van der Waals surface area contributed by atoms with E-state index in [1.165, 1.54) is 7.11 Å². The number of benzene rings is 2. The zero-order chi connectivity index (χ0) is 24.2. The molecule has 0 radical (unpaired) electrons. The largest absolute Gasteiger partial charge is 0.508 e. The van der Waals surface area contributed by atoms with Gasteiger partial charge < -0.3 is 19.5 Å². The predicted octanol–water partition coefficient (Wildman–Crippen LogP) is 3.45. The number of aromatic hydroxyl groups is 2. The average Bonchev–Trinajstić information content (AvgIpc) is 2.83. The molecule has 2 heterocycles. The maximum absolute atomic E-state index is 13.6. The van der Waals surface area contributed by atoms with Gasteiger partial charge in [-0.3, -0.25) is 19.6 Å². The number of hydrogen-bond acceptors (Lipinski definition) is 7. The van der Waals surface area contributed by atoms with Crippen LogP contribution in [0.1, 0.15) is 34.7 Å². The minimum Gasteiger partial charge on any atom is -0.508 e. The van der Waals surface area contributed by atoms with Crippen LogP contribution in [0.15, 0.2) is 65.7 Å². The van der Waals surface area contributed by atoms with E-state index in [1.54, 1.807) is 72.4 Å². The van der Waals surface area contributed by atoms with Crippen molar-refractivity contribution in [3.8, 4) is 11.5 Å². The first-order valence-electron chi connectivity index (χ1n) is 10.9. The highest BCUT2D eigenvalue weighted by Gasteiger charge is 2.27. The van der Waals surface area contributed by atoms with E-state index in [4.69, 9.17) is 4.74 Å². The number of phenols is 1. The summed E-state index contributed by atoms with van der Waals surface area (Å²) in [5.41, 5.74) is 3.27. The molecule has 0 bridgehead atoms. The van der Waals surface area contributed by atoms with Crippen LogP contribution in [0.5, 0.6) is 11.5 Å². The summed E-state index contributed by atoms with van der Waals surface area (Å²) in [5.74, 6) is -1.22. The number of fused-ring (bicyclic) bond motifs is 1. The van der Waals surface area contributed by atoms with E-state index >= 15 is 0 Å². The van der Waals surface area contributed by atoms with E-state index in [9.17, 15) is 19.8 Å². The molecular weight excluding hydrogens is 434 g/mol. The lowest BCUT2D eigenvalue weighted by Crippen LogP contribution is -2.29. The van der Waals surface area contributed by atoms with Gasteiger partial charge in [0.05, 0.1) is 30.1 Å². The van der Waals surface area contributed by atoms with Crippen LogP contribution >= 0.6 is 0 Å². The van der Waals surface area contributed by atoms with Gasteiger partial charge in [0.25, 0.3) is 5.56 Å². The Labute approximate surface area is 196 Å². The average molecular weight is 460 g/mol. The van der Waals surface area contributed by atoms with Crippen molar-refractivity contribution < 1.29 is 19.7 Å². The number of hydrogen-bond donors (Lipinski definition) is 2. The third kappa shape index (κ3) is 4.76. The summed E-state index contributed by atoms with van der Waals surface area (Å²) in [7, 11) is 1.29. The summed E-state index contributed by atoms with van der Waals surface area (Å²) in [5, 5.41) is 20.3. The molecule has 2 aromatic heterocycles. The number of methoxy groups -OCH3 is 1. The summed E-state index contributed by atoms with van der Waals surface area (Å²) < 4.78 is 6.47. The summed E-state index contributed by atoms with van der Waals surface area (Å²) >= 11 is 0. The highest BCUT2D eigenvalue weighted by Crippen LogP contribution is 2.33. The number of aromatic nitrogens is 3. The SMILES string of the molecule is COC(=O)C[C@H](c1ccc2nccnc2c1)c1c(O)cc(C)n(CCc2ccc(O)cc2)c1=O. The first kappa shape index (κ1) is 23.0. The van der Waals surface area contributed by atoms with E-state index in [2.05, 4.69) is 9.97 Å². The zero-order valence-corrected chi connectivity index (χ0v) is 18.9. The lowest BCUT2D eigenvalue weighted by molar-refractivity contribution is -0.140. The van der Waals surface area contributed by atoms with Crippen molar-refractivity contribution in [2.24, 2.45) is 0 Å². The van der Waals surface area contributed by atoms with Gasteiger partial charge >= 0.3 is 5.97 Å². The van der Waals surface area contributed by atoms with Gasteiger partial charge in [0.1, 0.15) is 11.5 Å². The van der Waals surface area contributed by atoms with E-state index in [-0.39, 0.29) is 29.0 Å². The Kier molecular flexibility index (Phi) is 6.58. The van der Waals surface area contributed by atoms with Gasteiger partial charge in [-0.25, -0.2) is 0 Å². The lowest BCUT2D eigenvalue weighted by Gasteiger charge is -2.21. The smallest absolute Gasteiger partial charge is 0.306 e. The fourth-order valence-corrected chi connectivity index (χ4v) is 4.11. The Hall–Kier alpha value is -4.20. The van der Waals surface area contributed by atoms with E-state index < -0.39 is 11.9 Å². The Balaban J connectivity index is 1.78. The number of phenolic OH excluding ortho intramolecular Hbond substituents is 1. The maximum Gasteiger partial charge on any atom is 0.306 e. The molecule has 8 nitrogen and oxygen atoms in total.